The van der Waals surface area contributed by atoms with E-state index in [1.807, 2.05) is 37.3 Å². The number of sulfonamides is 1. The Hall–Kier alpha value is -2.05. The van der Waals surface area contributed by atoms with Gasteiger partial charge in [-0.25, -0.2) is 8.42 Å². The fraction of sp³-hybridized carbons (Fsp3) is 0.294. The molecule has 2 rings (SSSR count). The minimum atomic E-state index is -3.73. The SMILES string of the molecule is COc1ccc(OC)c(S(=O)(=O)N(C)[C@@H](C)c2ccccc2)c1. The summed E-state index contributed by atoms with van der Waals surface area (Å²) in [4.78, 5) is 0.0876. The summed E-state index contributed by atoms with van der Waals surface area (Å²) >= 11 is 0. The van der Waals surface area contributed by atoms with Crippen molar-refractivity contribution in [1.29, 1.82) is 0 Å². The molecule has 0 saturated heterocycles. The maximum atomic E-state index is 13.0. The van der Waals surface area contributed by atoms with Gasteiger partial charge in [0.2, 0.25) is 10.0 Å². The van der Waals surface area contributed by atoms with Crippen LogP contribution in [-0.2, 0) is 10.0 Å². The number of ether oxygens (including phenoxy) is 2. The summed E-state index contributed by atoms with van der Waals surface area (Å²) in [6, 6.07) is 13.9. The lowest BCUT2D eigenvalue weighted by atomic mass is 10.1. The molecule has 0 aliphatic carbocycles. The van der Waals surface area contributed by atoms with Gasteiger partial charge in [-0.3, -0.25) is 0 Å². The van der Waals surface area contributed by atoms with Gasteiger partial charge in [-0.2, -0.15) is 4.31 Å². The summed E-state index contributed by atoms with van der Waals surface area (Å²) < 4.78 is 37.6. The predicted molar refractivity (Wildman–Crippen MR) is 89.4 cm³/mol. The van der Waals surface area contributed by atoms with E-state index in [0.29, 0.717) is 5.75 Å². The molecular weight excluding hydrogens is 314 g/mol. The topological polar surface area (TPSA) is 55.8 Å². The van der Waals surface area contributed by atoms with Crippen LogP contribution in [0, 0.1) is 0 Å². The second-order valence-corrected chi connectivity index (χ2v) is 7.09. The fourth-order valence-electron chi connectivity index (χ4n) is 2.29. The molecule has 0 aliphatic rings. The van der Waals surface area contributed by atoms with Crippen LogP contribution in [0.5, 0.6) is 11.5 Å². The smallest absolute Gasteiger partial charge is 0.247 e. The Morgan fingerprint density at radius 2 is 1.65 bits per heavy atom. The van der Waals surface area contributed by atoms with Crippen molar-refractivity contribution in [2.24, 2.45) is 0 Å². The lowest BCUT2D eigenvalue weighted by Crippen LogP contribution is -2.30. The molecule has 23 heavy (non-hydrogen) atoms. The largest absolute Gasteiger partial charge is 0.497 e. The normalized spacial score (nSPS) is 12.9. The Morgan fingerprint density at radius 3 is 2.22 bits per heavy atom. The van der Waals surface area contributed by atoms with Crippen molar-refractivity contribution in [1.82, 2.24) is 4.31 Å². The second-order valence-electron chi connectivity index (χ2n) is 5.12. The maximum absolute atomic E-state index is 13.0. The van der Waals surface area contributed by atoms with E-state index < -0.39 is 10.0 Å². The van der Waals surface area contributed by atoms with Crippen molar-refractivity contribution < 1.29 is 17.9 Å². The highest BCUT2D eigenvalue weighted by molar-refractivity contribution is 7.89. The van der Waals surface area contributed by atoms with Crippen molar-refractivity contribution >= 4 is 10.0 Å². The second kappa shape index (κ2) is 7.02. The maximum Gasteiger partial charge on any atom is 0.247 e. The molecule has 0 bridgehead atoms. The summed E-state index contributed by atoms with van der Waals surface area (Å²) in [6.45, 7) is 1.85. The van der Waals surface area contributed by atoms with Crippen LogP contribution in [0.3, 0.4) is 0 Å². The number of hydrogen-bond donors (Lipinski definition) is 0. The van der Waals surface area contributed by atoms with Gasteiger partial charge in [0.1, 0.15) is 16.4 Å². The lowest BCUT2D eigenvalue weighted by molar-refractivity contribution is 0.376. The molecule has 6 heteroatoms. The van der Waals surface area contributed by atoms with Crippen molar-refractivity contribution in [3.8, 4) is 11.5 Å². The summed E-state index contributed by atoms with van der Waals surface area (Å²) in [5.74, 6) is 0.753. The average Bonchev–Trinajstić information content (AvgIpc) is 2.60. The van der Waals surface area contributed by atoms with Gasteiger partial charge >= 0.3 is 0 Å². The van der Waals surface area contributed by atoms with Gasteiger partial charge in [0.15, 0.2) is 0 Å². The third kappa shape index (κ3) is 3.48. The van der Waals surface area contributed by atoms with Crippen LogP contribution in [0.15, 0.2) is 53.4 Å². The zero-order chi connectivity index (χ0) is 17.0. The van der Waals surface area contributed by atoms with Crippen molar-refractivity contribution in [2.75, 3.05) is 21.3 Å². The average molecular weight is 335 g/mol. The number of methoxy groups -OCH3 is 2. The van der Waals surface area contributed by atoms with E-state index in [1.165, 1.54) is 24.6 Å². The molecule has 124 valence electrons. The van der Waals surface area contributed by atoms with Crippen LogP contribution in [0.4, 0.5) is 0 Å². The van der Waals surface area contributed by atoms with Gasteiger partial charge in [-0.05, 0) is 24.6 Å². The van der Waals surface area contributed by atoms with Crippen LogP contribution in [0.1, 0.15) is 18.5 Å². The third-order valence-electron chi connectivity index (χ3n) is 3.86. The molecule has 0 saturated carbocycles. The van der Waals surface area contributed by atoms with Crippen LogP contribution >= 0.6 is 0 Å². The molecule has 0 spiro atoms. The number of nitrogens with zero attached hydrogens (tertiary/aromatic N) is 1. The van der Waals surface area contributed by atoms with Gasteiger partial charge in [0.25, 0.3) is 0 Å². The minimum absolute atomic E-state index is 0.0876. The van der Waals surface area contributed by atoms with E-state index in [4.69, 9.17) is 9.47 Å². The van der Waals surface area contributed by atoms with Crippen LogP contribution in [0.2, 0.25) is 0 Å². The molecule has 0 aromatic heterocycles. The Bertz CT molecular complexity index is 759. The molecule has 0 radical (unpaired) electrons. The molecule has 2 aromatic rings. The molecule has 0 aliphatic heterocycles. The van der Waals surface area contributed by atoms with E-state index in [9.17, 15) is 8.42 Å². The molecule has 1 atom stereocenters. The van der Waals surface area contributed by atoms with E-state index in [-0.39, 0.29) is 16.7 Å². The van der Waals surface area contributed by atoms with Gasteiger partial charge in [-0.1, -0.05) is 30.3 Å². The van der Waals surface area contributed by atoms with Crippen LogP contribution in [-0.4, -0.2) is 34.0 Å². The van der Waals surface area contributed by atoms with Crippen molar-refractivity contribution in [2.45, 2.75) is 17.9 Å². The first-order chi connectivity index (χ1) is 10.9. The third-order valence-corrected chi connectivity index (χ3v) is 5.80. The zero-order valence-electron chi connectivity index (χ0n) is 13.7. The Kier molecular flexibility index (Phi) is 5.28. The standard InChI is InChI=1S/C17H21NO4S/c1-13(14-8-6-5-7-9-14)18(2)23(19,20)17-12-15(21-3)10-11-16(17)22-4/h5-13H,1-4H3/t13-/m0/s1. The Labute approximate surface area is 137 Å². The Balaban J connectivity index is 2.45. The summed E-state index contributed by atoms with van der Waals surface area (Å²) in [6.07, 6.45) is 0. The van der Waals surface area contributed by atoms with E-state index in [1.54, 1.807) is 19.2 Å². The van der Waals surface area contributed by atoms with Crippen molar-refractivity contribution in [3.63, 3.8) is 0 Å². The first-order valence-electron chi connectivity index (χ1n) is 7.16. The molecule has 2 aromatic carbocycles. The minimum Gasteiger partial charge on any atom is -0.497 e. The number of rotatable bonds is 6. The van der Waals surface area contributed by atoms with Gasteiger partial charge in [-0.15, -0.1) is 0 Å². The molecule has 0 unspecified atom stereocenters. The number of benzene rings is 2. The number of hydrogen-bond acceptors (Lipinski definition) is 4. The predicted octanol–water partition coefficient (Wildman–Crippen LogP) is 3.09. The monoisotopic (exact) mass is 335 g/mol. The lowest BCUT2D eigenvalue weighted by Gasteiger charge is -2.25. The molecule has 0 heterocycles. The summed E-state index contributed by atoms with van der Waals surface area (Å²) in [7, 11) is 0.768. The van der Waals surface area contributed by atoms with E-state index in [2.05, 4.69) is 0 Å². The highest BCUT2D eigenvalue weighted by Crippen LogP contribution is 2.33. The molecule has 5 nitrogen and oxygen atoms in total. The fourth-order valence-corrected chi connectivity index (χ4v) is 3.81. The van der Waals surface area contributed by atoms with Crippen molar-refractivity contribution in [3.05, 3.63) is 54.1 Å². The zero-order valence-corrected chi connectivity index (χ0v) is 14.5. The van der Waals surface area contributed by atoms with Gasteiger partial charge in [0, 0.05) is 19.2 Å². The Morgan fingerprint density at radius 1 is 1.00 bits per heavy atom. The first-order valence-corrected chi connectivity index (χ1v) is 8.60. The molecular formula is C17H21NO4S. The summed E-state index contributed by atoms with van der Waals surface area (Å²) in [5.41, 5.74) is 0.917. The summed E-state index contributed by atoms with van der Waals surface area (Å²) in [5, 5.41) is 0. The van der Waals surface area contributed by atoms with Crippen LogP contribution < -0.4 is 9.47 Å². The van der Waals surface area contributed by atoms with Gasteiger partial charge in [0.05, 0.1) is 14.2 Å². The van der Waals surface area contributed by atoms with Crippen LogP contribution in [0.25, 0.3) is 0 Å². The first kappa shape index (κ1) is 17.3. The highest BCUT2D eigenvalue weighted by atomic mass is 32.2. The van der Waals surface area contributed by atoms with E-state index >= 15 is 0 Å². The molecule has 0 fully saturated rings. The van der Waals surface area contributed by atoms with Gasteiger partial charge < -0.3 is 9.47 Å². The van der Waals surface area contributed by atoms with E-state index in [0.717, 1.165) is 5.56 Å². The molecule has 0 amide bonds. The molecule has 0 N–H and O–H groups in total. The quantitative estimate of drug-likeness (QED) is 0.814. The highest BCUT2D eigenvalue weighted by Gasteiger charge is 2.29.